The van der Waals surface area contributed by atoms with Crippen LogP contribution in [-0.2, 0) is 14.3 Å². The standard InChI is InChI=1S/C22H34BrNO3/c1-13-11-17-20(2,7-6-18(25)24(17)4)14-5-8-21(3)15(19(13)14)12-16(23)22(21)26-9-10-27-22/h13-17,19H,5-12H2,1-4H3/t13?,14?,15?,16-,17?,19?,20?,21?/m1/s1. The first-order chi connectivity index (χ1) is 12.7. The van der Waals surface area contributed by atoms with E-state index in [9.17, 15) is 4.79 Å². The van der Waals surface area contributed by atoms with Crippen LogP contribution in [0.15, 0.2) is 0 Å². The summed E-state index contributed by atoms with van der Waals surface area (Å²) in [7, 11) is 2.05. The summed E-state index contributed by atoms with van der Waals surface area (Å²) in [5, 5.41) is 0. The second-order valence-electron chi connectivity index (χ2n) is 10.6. The summed E-state index contributed by atoms with van der Waals surface area (Å²) in [5.41, 5.74) is 0.350. The molecule has 5 fully saturated rings. The van der Waals surface area contributed by atoms with Crippen LogP contribution in [-0.4, -0.2) is 47.7 Å². The van der Waals surface area contributed by atoms with Gasteiger partial charge in [0.15, 0.2) is 5.79 Å². The van der Waals surface area contributed by atoms with E-state index in [1.807, 2.05) is 7.05 Å². The van der Waals surface area contributed by atoms with Gasteiger partial charge in [-0.1, -0.05) is 36.7 Å². The predicted molar refractivity (Wildman–Crippen MR) is 107 cm³/mol. The Labute approximate surface area is 171 Å². The SMILES string of the molecule is CC1CC2N(C)C(=O)CCC2(C)C2CCC3(C)C(C[C@@H](Br)C34OCCO4)C12. The van der Waals surface area contributed by atoms with E-state index in [2.05, 4.69) is 41.6 Å². The summed E-state index contributed by atoms with van der Waals surface area (Å²) in [6.45, 7) is 8.83. The molecule has 4 nitrogen and oxygen atoms in total. The minimum atomic E-state index is -0.431. The molecule has 0 N–H and O–H groups in total. The van der Waals surface area contributed by atoms with E-state index in [1.54, 1.807) is 0 Å². The van der Waals surface area contributed by atoms with Gasteiger partial charge in [0.05, 0.1) is 18.0 Å². The number of fused-ring (bicyclic) bond motifs is 6. The summed E-state index contributed by atoms with van der Waals surface area (Å²) in [4.78, 5) is 14.8. The topological polar surface area (TPSA) is 38.8 Å². The highest BCUT2D eigenvalue weighted by Gasteiger charge is 2.71. The van der Waals surface area contributed by atoms with Gasteiger partial charge in [0.1, 0.15) is 0 Å². The van der Waals surface area contributed by atoms with Crippen LogP contribution in [0.2, 0.25) is 0 Å². The van der Waals surface area contributed by atoms with Crippen molar-refractivity contribution in [3.05, 3.63) is 0 Å². The molecular weight excluding hydrogens is 406 g/mol. The van der Waals surface area contributed by atoms with Gasteiger partial charge in [0.2, 0.25) is 5.91 Å². The normalized spacial score (nSPS) is 54.0. The molecule has 5 heteroatoms. The van der Waals surface area contributed by atoms with Crippen LogP contribution in [0.1, 0.15) is 59.3 Å². The number of rotatable bonds is 0. The zero-order valence-corrected chi connectivity index (χ0v) is 18.8. The summed E-state index contributed by atoms with van der Waals surface area (Å²) in [5.74, 6) is 2.60. The third-order valence-corrected chi connectivity index (χ3v) is 10.7. The molecule has 2 heterocycles. The number of alkyl halides is 1. The Balaban J connectivity index is 1.53. The average Bonchev–Trinajstić information content (AvgIpc) is 3.21. The zero-order chi connectivity index (χ0) is 19.2. The van der Waals surface area contributed by atoms with Gasteiger partial charge < -0.3 is 14.4 Å². The minimum absolute atomic E-state index is 0.0900. The largest absolute Gasteiger partial charge is 0.346 e. The third kappa shape index (κ3) is 2.20. The van der Waals surface area contributed by atoms with Crippen LogP contribution in [0.3, 0.4) is 0 Å². The fourth-order valence-corrected chi connectivity index (χ4v) is 9.52. The second-order valence-corrected chi connectivity index (χ2v) is 11.7. The molecule has 3 saturated carbocycles. The first-order valence-corrected chi connectivity index (χ1v) is 11.8. The number of carbonyl (C=O) groups is 1. The van der Waals surface area contributed by atoms with E-state index in [4.69, 9.17) is 9.47 Å². The van der Waals surface area contributed by atoms with E-state index < -0.39 is 5.79 Å². The van der Waals surface area contributed by atoms with Gasteiger partial charge in [-0.25, -0.2) is 0 Å². The molecule has 7 unspecified atom stereocenters. The highest BCUT2D eigenvalue weighted by Crippen LogP contribution is 2.70. The van der Waals surface area contributed by atoms with Crippen LogP contribution in [0, 0.1) is 34.5 Å². The van der Waals surface area contributed by atoms with Crippen molar-refractivity contribution in [3.63, 3.8) is 0 Å². The number of hydrogen-bond donors (Lipinski definition) is 0. The number of nitrogens with zero attached hydrogens (tertiary/aromatic N) is 1. The molecule has 5 rings (SSSR count). The van der Waals surface area contributed by atoms with Crippen molar-refractivity contribution in [2.45, 2.75) is 76.0 Å². The van der Waals surface area contributed by atoms with E-state index >= 15 is 0 Å². The molecule has 27 heavy (non-hydrogen) atoms. The van der Waals surface area contributed by atoms with Crippen molar-refractivity contribution in [3.8, 4) is 0 Å². The number of amides is 1. The molecule has 1 amide bonds. The molecule has 2 saturated heterocycles. The van der Waals surface area contributed by atoms with E-state index in [-0.39, 0.29) is 15.7 Å². The monoisotopic (exact) mass is 439 g/mol. The summed E-state index contributed by atoms with van der Waals surface area (Å²) < 4.78 is 12.7. The lowest BCUT2D eigenvalue weighted by Gasteiger charge is -2.64. The third-order valence-electron chi connectivity index (χ3n) is 9.71. The molecule has 0 aromatic rings. The lowest BCUT2D eigenvalue weighted by atomic mass is 9.45. The number of hydrogen-bond acceptors (Lipinski definition) is 3. The van der Waals surface area contributed by atoms with E-state index in [1.165, 1.54) is 12.8 Å². The number of likely N-dealkylation sites (tertiary alicyclic amines) is 1. The van der Waals surface area contributed by atoms with Crippen molar-refractivity contribution in [1.82, 2.24) is 4.90 Å². The van der Waals surface area contributed by atoms with Crippen LogP contribution < -0.4 is 0 Å². The van der Waals surface area contributed by atoms with Crippen LogP contribution in [0.4, 0.5) is 0 Å². The van der Waals surface area contributed by atoms with Crippen molar-refractivity contribution in [2.24, 2.45) is 34.5 Å². The van der Waals surface area contributed by atoms with Gasteiger partial charge in [-0.3, -0.25) is 4.79 Å². The lowest BCUT2D eigenvalue weighted by molar-refractivity contribution is -0.248. The van der Waals surface area contributed by atoms with Gasteiger partial charge in [-0.15, -0.1) is 0 Å². The quantitative estimate of drug-likeness (QED) is 0.530. The number of carbonyl (C=O) groups excluding carboxylic acids is 1. The Morgan fingerprint density at radius 1 is 1.11 bits per heavy atom. The molecule has 8 atom stereocenters. The van der Waals surface area contributed by atoms with Crippen LogP contribution >= 0.6 is 15.9 Å². The number of piperidine rings is 1. The van der Waals surface area contributed by atoms with Crippen LogP contribution in [0.25, 0.3) is 0 Å². The molecule has 0 aromatic carbocycles. The van der Waals surface area contributed by atoms with E-state index in [0.29, 0.717) is 35.6 Å². The van der Waals surface area contributed by atoms with Gasteiger partial charge in [0.25, 0.3) is 0 Å². The Morgan fingerprint density at radius 3 is 2.52 bits per heavy atom. The first kappa shape index (κ1) is 18.9. The van der Waals surface area contributed by atoms with Gasteiger partial charge in [-0.2, -0.15) is 0 Å². The lowest BCUT2D eigenvalue weighted by Crippen LogP contribution is -2.64. The highest BCUT2D eigenvalue weighted by molar-refractivity contribution is 9.09. The van der Waals surface area contributed by atoms with E-state index in [0.717, 1.165) is 38.9 Å². The van der Waals surface area contributed by atoms with Crippen molar-refractivity contribution in [1.29, 1.82) is 0 Å². The second kappa shape index (κ2) is 5.95. The molecule has 1 spiro atoms. The molecular formula is C22H34BrNO3. The maximum atomic E-state index is 12.4. The average molecular weight is 440 g/mol. The summed E-state index contributed by atoms with van der Waals surface area (Å²) >= 11 is 3.98. The summed E-state index contributed by atoms with van der Waals surface area (Å²) in [6, 6.07) is 0.411. The molecule has 152 valence electrons. The maximum absolute atomic E-state index is 12.4. The van der Waals surface area contributed by atoms with Gasteiger partial charge in [-0.05, 0) is 61.2 Å². The predicted octanol–water partition coefficient (Wildman–Crippen LogP) is 4.21. The van der Waals surface area contributed by atoms with Crippen LogP contribution in [0.5, 0.6) is 0 Å². The first-order valence-electron chi connectivity index (χ1n) is 10.9. The minimum Gasteiger partial charge on any atom is -0.346 e. The molecule has 2 aliphatic heterocycles. The number of ether oxygens (including phenoxy) is 2. The molecule has 5 aliphatic rings. The Morgan fingerprint density at radius 2 is 1.81 bits per heavy atom. The Hall–Kier alpha value is -0.130. The molecule has 3 aliphatic carbocycles. The van der Waals surface area contributed by atoms with Crippen molar-refractivity contribution < 1.29 is 14.3 Å². The summed E-state index contributed by atoms with van der Waals surface area (Å²) in [6.07, 6.45) is 6.50. The number of halogens is 1. The Bertz CT molecular complexity index is 649. The highest BCUT2D eigenvalue weighted by atomic mass is 79.9. The Kier molecular flexibility index (Phi) is 4.16. The molecule has 0 bridgehead atoms. The molecule has 0 aromatic heterocycles. The van der Waals surface area contributed by atoms with Gasteiger partial charge >= 0.3 is 0 Å². The van der Waals surface area contributed by atoms with Crippen molar-refractivity contribution in [2.75, 3.05) is 20.3 Å². The maximum Gasteiger partial charge on any atom is 0.222 e. The van der Waals surface area contributed by atoms with Crippen molar-refractivity contribution >= 4 is 21.8 Å². The zero-order valence-electron chi connectivity index (χ0n) is 17.2. The van der Waals surface area contributed by atoms with Gasteiger partial charge in [0, 0.05) is 24.9 Å². The fraction of sp³-hybridized carbons (Fsp3) is 0.955. The molecule has 0 radical (unpaired) electrons. The smallest absolute Gasteiger partial charge is 0.222 e. The fourth-order valence-electron chi connectivity index (χ4n) is 8.33.